The fourth-order valence-corrected chi connectivity index (χ4v) is 4.99. The largest absolute Gasteiger partial charge is 0.278 e. The molecule has 0 aliphatic carbocycles. The first-order valence-corrected chi connectivity index (χ1v) is 10.1. The van der Waals surface area contributed by atoms with Crippen LogP contribution in [0.1, 0.15) is 12.8 Å². The molecule has 0 saturated carbocycles. The molecule has 122 valence electrons. The van der Waals surface area contributed by atoms with Gasteiger partial charge in [-0.2, -0.15) is 0 Å². The van der Waals surface area contributed by atoms with Crippen molar-refractivity contribution in [2.75, 3.05) is 11.5 Å². The van der Waals surface area contributed by atoms with E-state index in [9.17, 15) is 21.6 Å². The highest BCUT2D eigenvalue weighted by molar-refractivity contribution is 7.91. The monoisotopic (exact) mass is 366 g/mol. The molecule has 10 heteroatoms. The predicted octanol–water partition coefficient (Wildman–Crippen LogP) is 0.474. The molecule has 1 atom stereocenters. The summed E-state index contributed by atoms with van der Waals surface area (Å²) < 4.78 is 46.4. The second kappa shape index (κ2) is 6.53. The van der Waals surface area contributed by atoms with Gasteiger partial charge in [0.1, 0.15) is 0 Å². The van der Waals surface area contributed by atoms with Crippen molar-refractivity contribution in [2.24, 2.45) is 5.92 Å². The van der Waals surface area contributed by atoms with Crippen molar-refractivity contribution in [3.05, 3.63) is 29.3 Å². The minimum Gasteiger partial charge on any atom is -0.278 e. The molecule has 0 aromatic heterocycles. The molecule has 2 N–H and O–H groups in total. The van der Waals surface area contributed by atoms with Crippen molar-refractivity contribution < 1.29 is 21.6 Å². The first-order valence-electron chi connectivity index (χ1n) is 6.45. The zero-order valence-corrected chi connectivity index (χ0v) is 13.8. The van der Waals surface area contributed by atoms with Crippen LogP contribution in [0.15, 0.2) is 29.2 Å². The zero-order chi connectivity index (χ0) is 16.4. The Morgan fingerprint density at radius 3 is 2.45 bits per heavy atom. The van der Waals surface area contributed by atoms with E-state index in [1.54, 1.807) is 0 Å². The second-order valence-corrected chi connectivity index (χ2v) is 9.43. The highest BCUT2D eigenvalue weighted by atomic mass is 35.5. The van der Waals surface area contributed by atoms with E-state index >= 15 is 0 Å². The quantitative estimate of drug-likeness (QED) is 0.736. The van der Waals surface area contributed by atoms with Crippen LogP contribution in [0, 0.1) is 5.92 Å². The molecule has 1 amide bonds. The highest BCUT2D eigenvalue weighted by Crippen LogP contribution is 2.21. The van der Waals surface area contributed by atoms with E-state index in [0.29, 0.717) is 11.4 Å². The number of sulfone groups is 1. The Labute approximate surface area is 134 Å². The maximum atomic E-state index is 11.9. The zero-order valence-electron chi connectivity index (χ0n) is 11.5. The number of sulfonamides is 1. The average molecular weight is 367 g/mol. The Hall–Kier alpha value is -1.16. The second-order valence-electron chi connectivity index (χ2n) is 5.08. The molecule has 1 aromatic carbocycles. The molecule has 0 radical (unpaired) electrons. The van der Waals surface area contributed by atoms with Crippen LogP contribution in [0.2, 0.25) is 5.02 Å². The van der Waals surface area contributed by atoms with Gasteiger partial charge in [-0.1, -0.05) is 11.6 Å². The first-order chi connectivity index (χ1) is 10.2. The summed E-state index contributed by atoms with van der Waals surface area (Å²) in [4.78, 5) is 13.6. The summed E-state index contributed by atoms with van der Waals surface area (Å²) in [7, 11) is -6.95. The molecule has 0 spiro atoms. The van der Waals surface area contributed by atoms with E-state index in [4.69, 9.17) is 11.6 Å². The van der Waals surface area contributed by atoms with Crippen LogP contribution in [-0.2, 0) is 24.7 Å². The standard InChI is InChI=1S/C12H15ClN2O5S2/c13-10-1-3-11(4-2-10)22(19,20)15-14-12(16)7-9-5-6-21(17,18)8-9/h1-4,9,15H,5-8H2,(H,14,16)/t9-/m0/s1. The Bertz CT molecular complexity index is 759. The number of nitrogens with one attached hydrogen (secondary N) is 2. The van der Waals surface area contributed by atoms with E-state index in [2.05, 4.69) is 5.43 Å². The number of carbonyl (C=O) groups excluding carboxylic acids is 1. The third-order valence-corrected chi connectivity index (χ3v) is 6.60. The first kappa shape index (κ1) is 17.2. The summed E-state index contributed by atoms with van der Waals surface area (Å²) in [5, 5.41) is 0.394. The van der Waals surface area contributed by atoms with Gasteiger partial charge < -0.3 is 0 Å². The summed E-state index contributed by atoms with van der Waals surface area (Å²) >= 11 is 5.67. The number of hydrogen-bond acceptors (Lipinski definition) is 5. The van der Waals surface area contributed by atoms with Crippen LogP contribution >= 0.6 is 11.6 Å². The molecule has 1 saturated heterocycles. The summed E-state index contributed by atoms with van der Waals surface area (Å²) in [6.07, 6.45) is 0.377. The molecule has 1 aliphatic heterocycles. The molecule has 1 aliphatic rings. The van der Waals surface area contributed by atoms with Crippen molar-refractivity contribution in [3.8, 4) is 0 Å². The molecule has 22 heavy (non-hydrogen) atoms. The van der Waals surface area contributed by atoms with Gasteiger partial charge in [0, 0.05) is 11.4 Å². The minimum atomic E-state index is -3.89. The Balaban J connectivity index is 1.89. The lowest BCUT2D eigenvalue weighted by Crippen LogP contribution is -2.42. The molecule has 1 aromatic rings. The van der Waals surface area contributed by atoms with Gasteiger partial charge in [-0.05, 0) is 36.6 Å². The van der Waals surface area contributed by atoms with Crippen LogP contribution in [0.3, 0.4) is 0 Å². The molecule has 0 unspecified atom stereocenters. The van der Waals surface area contributed by atoms with Gasteiger partial charge in [0.25, 0.3) is 10.0 Å². The summed E-state index contributed by atoms with van der Waals surface area (Å²) in [5.74, 6) is -0.809. The van der Waals surface area contributed by atoms with E-state index < -0.39 is 25.8 Å². The predicted molar refractivity (Wildman–Crippen MR) is 81.3 cm³/mol. The number of halogens is 1. The Kier molecular flexibility index (Phi) is 5.10. The van der Waals surface area contributed by atoms with Crippen molar-refractivity contribution in [2.45, 2.75) is 17.7 Å². The molecule has 2 rings (SSSR count). The number of hydrazine groups is 1. The average Bonchev–Trinajstić information content (AvgIpc) is 2.76. The molecular weight excluding hydrogens is 352 g/mol. The fourth-order valence-electron chi connectivity index (χ4n) is 2.14. The minimum absolute atomic E-state index is 0.0373. The van der Waals surface area contributed by atoms with Crippen LogP contribution < -0.4 is 10.3 Å². The smallest absolute Gasteiger partial charge is 0.257 e. The van der Waals surface area contributed by atoms with Crippen LogP contribution in [-0.4, -0.2) is 34.2 Å². The van der Waals surface area contributed by atoms with Crippen LogP contribution in [0.4, 0.5) is 0 Å². The third kappa shape index (κ3) is 4.67. The number of benzene rings is 1. The maximum absolute atomic E-state index is 11.9. The van der Waals surface area contributed by atoms with Crippen LogP contribution in [0.25, 0.3) is 0 Å². The maximum Gasteiger partial charge on any atom is 0.257 e. The fraction of sp³-hybridized carbons (Fsp3) is 0.417. The van der Waals surface area contributed by atoms with Crippen LogP contribution in [0.5, 0.6) is 0 Å². The topological polar surface area (TPSA) is 109 Å². The van der Waals surface area contributed by atoms with E-state index in [0.717, 1.165) is 0 Å². The Morgan fingerprint density at radius 2 is 1.91 bits per heavy atom. The number of amides is 1. The van der Waals surface area contributed by atoms with Gasteiger partial charge in [0.05, 0.1) is 16.4 Å². The van der Waals surface area contributed by atoms with Gasteiger partial charge in [0.15, 0.2) is 9.84 Å². The molecule has 1 fully saturated rings. The van der Waals surface area contributed by atoms with Gasteiger partial charge in [-0.3, -0.25) is 10.2 Å². The van der Waals surface area contributed by atoms with Gasteiger partial charge in [-0.15, -0.1) is 4.83 Å². The molecule has 7 nitrogen and oxygen atoms in total. The molecule has 0 bridgehead atoms. The van der Waals surface area contributed by atoms with E-state index in [-0.39, 0.29) is 28.7 Å². The Morgan fingerprint density at radius 1 is 1.27 bits per heavy atom. The van der Waals surface area contributed by atoms with Crippen molar-refractivity contribution >= 4 is 37.4 Å². The lowest BCUT2D eigenvalue weighted by Gasteiger charge is -2.10. The van der Waals surface area contributed by atoms with Gasteiger partial charge in [-0.25, -0.2) is 16.8 Å². The van der Waals surface area contributed by atoms with Crippen molar-refractivity contribution in [1.82, 2.24) is 10.3 Å². The van der Waals surface area contributed by atoms with Gasteiger partial charge >= 0.3 is 0 Å². The third-order valence-electron chi connectivity index (χ3n) is 3.25. The molecular formula is C12H15ClN2O5S2. The summed E-state index contributed by atoms with van der Waals surface area (Å²) in [6.45, 7) is 0. The number of carbonyl (C=O) groups is 1. The van der Waals surface area contributed by atoms with E-state index in [1.807, 2.05) is 4.83 Å². The number of rotatable bonds is 5. The van der Waals surface area contributed by atoms with Crippen molar-refractivity contribution in [1.29, 1.82) is 0 Å². The number of hydrogen-bond donors (Lipinski definition) is 2. The normalized spacial score (nSPS) is 20.7. The van der Waals surface area contributed by atoms with E-state index in [1.165, 1.54) is 24.3 Å². The lowest BCUT2D eigenvalue weighted by molar-refractivity contribution is -0.122. The molecule has 1 heterocycles. The van der Waals surface area contributed by atoms with Gasteiger partial charge in [0.2, 0.25) is 5.91 Å². The highest BCUT2D eigenvalue weighted by Gasteiger charge is 2.29. The summed E-state index contributed by atoms with van der Waals surface area (Å²) in [5.41, 5.74) is 2.09. The SMILES string of the molecule is O=C(C[C@@H]1CCS(=O)(=O)C1)NNS(=O)(=O)c1ccc(Cl)cc1. The van der Waals surface area contributed by atoms with Crippen molar-refractivity contribution in [3.63, 3.8) is 0 Å². The lowest BCUT2D eigenvalue weighted by atomic mass is 10.1. The summed E-state index contributed by atoms with van der Waals surface area (Å²) in [6, 6.07) is 5.45.